The van der Waals surface area contributed by atoms with Gasteiger partial charge in [-0.2, -0.15) is 5.26 Å². The number of carbonyl (C=O) groups is 1. The second-order valence-electron chi connectivity index (χ2n) is 5.03. The molecule has 4 nitrogen and oxygen atoms in total. The predicted molar refractivity (Wildman–Crippen MR) is 91.8 cm³/mol. The maximum absolute atomic E-state index is 12.4. The molecule has 2 aromatic carbocycles. The van der Waals surface area contributed by atoms with Gasteiger partial charge in [0.05, 0.1) is 5.02 Å². The molecule has 1 aliphatic rings. The van der Waals surface area contributed by atoms with E-state index in [1.54, 1.807) is 36.4 Å². The fourth-order valence-corrected chi connectivity index (χ4v) is 2.69. The monoisotopic (exact) mass is 359 g/mol. The van der Waals surface area contributed by atoms with Gasteiger partial charge in [-0.3, -0.25) is 4.79 Å². The van der Waals surface area contributed by atoms with Gasteiger partial charge in [-0.15, -0.1) is 0 Å². The molecular formula is C18H11Cl2NO3. The number of carbonyl (C=O) groups excluding carboxylic acids is 1. The zero-order valence-electron chi connectivity index (χ0n) is 12.4. The van der Waals surface area contributed by atoms with Gasteiger partial charge in [0.2, 0.25) is 5.78 Å². The summed E-state index contributed by atoms with van der Waals surface area (Å²) >= 11 is 12.0. The minimum atomic E-state index is -0.389. The number of hydrogen-bond acceptors (Lipinski definition) is 4. The number of rotatable bonds is 3. The Balaban J connectivity index is 1.96. The molecule has 0 radical (unpaired) electrons. The highest BCUT2D eigenvalue weighted by molar-refractivity contribution is 6.32. The van der Waals surface area contributed by atoms with Gasteiger partial charge in [0, 0.05) is 10.6 Å². The summed E-state index contributed by atoms with van der Waals surface area (Å²) in [6, 6.07) is 11.6. The van der Waals surface area contributed by atoms with Crippen LogP contribution in [0.15, 0.2) is 42.0 Å². The van der Waals surface area contributed by atoms with Crippen LogP contribution >= 0.6 is 23.2 Å². The maximum atomic E-state index is 12.4. The van der Waals surface area contributed by atoms with Crippen LogP contribution in [0.3, 0.4) is 0 Å². The van der Waals surface area contributed by atoms with E-state index in [9.17, 15) is 10.1 Å². The zero-order valence-corrected chi connectivity index (χ0v) is 13.9. The molecule has 0 aromatic heterocycles. The molecular weight excluding hydrogens is 349 g/mol. The van der Waals surface area contributed by atoms with Crippen molar-refractivity contribution < 1.29 is 14.3 Å². The summed E-state index contributed by atoms with van der Waals surface area (Å²) in [7, 11) is 0. The number of nitrogens with zero attached hydrogens (tertiary/aromatic N) is 1. The molecule has 2 aromatic rings. The van der Waals surface area contributed by atoms with Gasteiger partial charge in [-0.25, -0.2) is 0 Å². The number of nitriles is 1. The number of halogens is 2. The van der Waals surface area contributed by atoms with E-state index in [4.69, 9.17) is 32.7 Å². The highest BCUT2D eigenvalue weighted by atomic mass is 35.5. The molecule has 0 unspecified atom stereocenters. The Hall–Kier alpha value is -2.48. The third-order valence-corrected chi connectivity index (χ3v) is 3.93. The predicted octanol–water partition coefficient (Wildman–Crippen LogP) is 4.55. The molecule has 3 rings (SSSR count). The summed E-state index contributed by atoms with van der Waals surface area (Å²) in [5.74, 6) is 0.582. The van der Waals surface area contributed by atoms with Crippen molar-refractivity contribution >= 4 is 35.1 Å². The van der Waals surface area contributed by atoms with Crippen LogP contribution in [0.25, 0.3) is 6.08 Å². The first-order chi connectivity index (χ1) is 11.6. The maximum Gasteiger partial charge on any atom is 0.203 e. The van der Waals surface area contributed by atoms with E-state index in [-0.39, 0.29) is 11.4 Å². The van der Waals surface area contributed by atoms with Crippen molar-refractivity contribution in [1.82, 2.24) is 0 Å². The number of Topliss-reactive ketones (excluding diaryl/α,β-unsaturated/α-hetero) is 1. The lowest BCUT2D eigenvalue weighted by Gasteiger charge is -2.19. The van der Waals surface area contributed by atoms with Crippen LogP contribution in [-0.4, -0.2) is 19.0 Å². The Morgan fingerprint density at radius 1 is 1.12 bits per heavy atom. The molecule has 24 heavy (non-hydrogen) atoms. The Kier molecular flexibility index (Phi) is 4.75. The van der Waals surface area contributed by atoms with Crippen LogP contribution < -0.4 is 9.47 Å². The quantitative estimate of drug-likeness (QED) is 0.458. The highest BCUT2D eigenvalue weighted by Gasteiger charge is 2.17. The second kappa shape index (κ2) is 6.96. The third-order valence-electron chi connectivity index (χ3n) is 3.40. The molecule has 0 N–H and O–H groups in total. The van der Waals surface area contributed by atoms with Gasteiger partial charge in [0.25, 0.3) is 0 Å². The molecule has 120 valence electrons. The van der Waals surface area contributed by atoms with Crippen LogP contribution in [-0.2, 0) is 0 Å². The van der Waals surface area contributed by atoms with Gasteiger partial charge in [0.15, 0.2) is 11.5 Å². The van der Waals surface area contributed by atoms with Crippen molar-refractivity contribution in [3.63, 3.8) is 0 Å². The summed E-state index contributed by atoms with van der Waals surface area (Å²) < 4.78 is 10.9. The molecule has 0 bridgehead atoms. The van der Waals surface area contributed by atoms with Gasteiger partial charge < -0.3 is 9.47 Å². The van der Waals surface area contributed by atoms with Crippen LogP contribution in [0.4, 0.5) is 0 Å². The van der Waals surface area contributed by atoms with E-state index in [1.165, 1.54) is 6.08 Å². The highest BCUT2D eigenvalue weighted by Crippen LogP contribution is 2.38. The van der Waals surface area contributed by atoms with E-state index < -0.39 is 0 Å². The first-order valence-electron chi connectivity index (χ1n) is 7.09. The van der Waals surface area contributed by atoms with Crippen molar-refractivity contribution in [3.05, 3.63) is 63.1 Å². The summed E-state index contributed by atoms with van der Waals surface area (Å²) in [5, 5.41) is 10.2. The summed E-state index contributed by atoms with van der Waals surface area (Å²) in [6.07, 6.45) is 1.47. The van der Waals surface area contributed by atoms with Crippen molar-refractivity contribution in [3.8, 4) is 17.6 Å². The molecule has 0 aliphatic carbocycles. The van der Waals surface area contributed by atoms with Gasteiger partial charge >= 0.3 is 0 Å². The number of ketones is 1. The molecule has 0 fully saturated rings. The van der Waals surface area contributed by atoms with E-state index in [0.29, 0.717) is 45.9 Å². The lowest BCUT2D eigenvalue weighted by Crippen LogP contribution is -2.15. The number of hydrogen-bond donors (Lipinski definition) is 0. The minimum absolute atomic E-state index is 0.00920. The second-order valence-corrected chi connectivity index (χ2v) is 5.88. The van der Waals surface area contributed by atoms with E-state index in [2.05, 4.69) is 0 Å². The Bertz CT molecular complexity index is 867. The molecule has 0 saturated carbocycles. The van der Waals surface area contributed by atoms with Crippen molar-refractivity contribution in [2.24, 2.45) is 0 Å². The molecule has 6 heteroatoms. The van der Waals surface area contributed by atoms with E-state index in [1.807, 2.05) is 6.07 Å². The average molecular weight is 360 g/mol. The lowest BCUT2D eigenvalue weighted by molar-refractivity contribution is 0.104. The van der Waals surface area contributed by atoms with E-state index in [0.717, 1.165) is 0 Å². The third kappa shape index (κ3) is 3.38. The first kappa shape index (κ1) is 16.4. The normalized spacial score (nSPS) is 13.3. The summed E-state index contributed by atoms with van der Waals surface area (Å²) in [4.78, 5) is 12.4. The molecule has 0 saturated heterocycles. The fraction of sp³-hybridized carbons (Fsp3) is 0.111. The fourth-order valence-electron chi connectivity index (χ4n) is 2.29. The summed E-state index contributed by atoms with van der Waals surface area (Å²) in [6.45, 7) is 0.853. The standard InChI is InChI=1S/C18H11Cl2NO3/c19-14-3-1-12(2-4-14)17(22)13(10-21)7-11-8-15(20)18-16(9-11)23-5-6-24-18/h1-4,7-9H,5-6H2/b13-7+. The van der Waals surface area contributed by atoms with Crippen LogP contribution in [0.1, 0.15) is 15.9 Å². The minimum Gasteiger partial charge on any atom is -0.486 e. The Labute approximate surface area is 148 Å². The molecule has 1 heterocycles. The molecule has 0 amide bonds. The first-order valence-corrected chi connectivity index (χ1v) is 7.85. The molecule has 1 aliphatic heterocycles. The number of ether oxygens (including phenoxy) is 2. The topological polar surface area (TPSA) is 59.3 Å². The summed E-state index contributed by atoms with van der Waals surface area (Å²) in [5.41, 5.74) is 0.962. The molecule has 0 atom stereocenters. The largest absolute Gasteiger partial charge is 0.486 e. The van der Waals surface area contributed by atoms with Crippen molar-refractivity contribution in [1.29, 1.82) is 5.26 Å². The molecule has 0 spiro atoms. The van der Waals surface area contributed by atoms with Crippen LogP contribution in [0.5, 0.6) is 11.5 Å². The number of benzene rings is 2. The smallest absolute Gasteiger partial charge is 0.203 e. The van der Waals surface area contributed by atoms with Crippen molar-refractivity contribution in [2.75, 3.05) is 13.2 Å². The zero-order chi connectivity index (χ0) is 17.1. The Morgan fingerprint density at radius 2 is 1.83 bits per heavy atom. The van der Waals surface area contributed by atoms with Crippen LogP contribution in [0, 0.1) is 11.3 Å². The number of fused-ring (bicyclic) bond motifs is 1. The van der Waals surface area contributed by atoms with E-state index >= 15 is 0 Å². The Morgan fingerprint density at radius 3 is 2.54 bits per heavy atom. The van der Waals surface area contributed by atoms with Gasteiger partial charge in [-0.05, 0) is 48.0 Å². The van der Waals surface area contributed by atoms with Crippen molar-refractivity contribution in [2.45, 2.75) is 0 Å². The van der Waals surface area contributed by atoms with Gasteiger partial charge in [-0.1, -0.05) is 23.2 Å². The SMILES string of the molecule is N#C/C(=C\c1cc(Cl)c2c(c1)OCCO2)C(=O)c1ccc(Cl)cc1. The van der Waals surface area contributed by atoms with Gasteiger partial charge in [0.1, 0.15) is 24.9 Å². The number of allylic oxidation sites excluding steroid dienone is 1. The van der Waals surface area contributed by atoms with Crippen LogP contribution in [0.2, 0.25) is 10.0 Å². The lowest BCUT2D eigenvalue weighted by atomic mass is 10.0. The average Bonchev–Trinajstić information content (AvgIpc) is 2.60.